The molecule has 0 aliphatic heterocycles. The monoisotopic (exact) mass is 196 g/mol. The molecule has 0 radical (unpaired) electrons. The van der Waals surface area contributed by atoms with Gasteiger partial charge in [-0.3, -0.25) is 5.73 Å². The molecule has 0 saturated carbocycles. The fourth-order valence-electron chi connectivity index (χ4n) is 1.36. The van der Waals surface area contributed by atoms with Crippen molar-refractivity contribution < 1.29 is 15.2 Å². The molecule has 14 heavy (non-hydrogen) atoms. The summed E-state index contributed by atoms with van der Waals surface area (Å²) in [7, 11) is 0. The highest BCUT2D eigenvalue weighted by Crippen LogP contribution is 2.31. The summed E-state index contributed by atoms with van der Waals surface area (Å²) >= 11 is 0. The average molecular weight is 196 g/mol. The Bertz CT molecular complexity index is 474. The number of fused-ring (bicyclic) bond motifs is 1. The molecule has 0 saturated heterocycles. The summed E-state index contributed by atoms with van der Waals surface area (Å²) in [5.41, 5.74) is 11.0. The number of anilines is 2. The van der Waals surface area contributed by atoms with Crippen LogP contribution in [0.15, 0.2) is 12.1 Å². The maximum Gasteiger partial charge on any atom is 0.309 e. The van der Waals surface area contributed by atoms with Gasteiger partial charge in [-0.2, -0.15) is 0 Å². The van der Waals surface area contributed by atoms with Crippen molar-refractivity contribution in [1.82, 2.24) is 4.85 Å². The molecule has 0 bridgehead atoms. The Labute approximate surface area is 77.9 Å². The van der Waals surface area contributed by atoms with Crippen LogP contribution in [0.4, 0.5) is 11.5 Å². The minimum absolute atomic E-state index is 0.0424. The van der Waals surface area contributed by atoms with Crippen LogP contribution in [0.1, 0.15) is 0 Å². The maximum atomic E-state index is 11.1. The molecule has 0 aliphatic rings. The molecule has 6 N–H and O–H groups in total. The Balaban J connectivity index is 3.08. The van der Waals surface area contributed by atoms with Gasteiger partial charge in [-0.1, -0.05) is 0 Å². The second-order valence-corrected chi connectivity index (χ2v) is 2.85. The van der Waals surface area contributed by atoms with Gasteiger partial charge >= 0.3 is 5.82 Å². The van der Waals surface area contributed by atoms with Crippen molar-refractivity contribution in [3.63, 3.8) is 0 Å². The Kier molecular flexibility index (Phi) is 1.39. The molecule has 2 aromatic rings. The predicted octanol–water partition coefficient (Wildman–Crippen LogP) is -0.618. The molecule has 0 aliphatic carbocycles. The van der Waals surface area contributed by atoms with Gasteiger partial charge in [0.05, 0.1) is 0 Å². The first kappa shape index (κ1) is 8.30. The molecule has 1 aromatic heterocycles. The van der Waals surface area contributed by atoms with E-state index in [1.165, 1.54) is 12.1 Å². The van der Waals surface area contributed by atoms with Gasteiger partial charge in [0.15, 0.2) is 5.52 Å². The Morgan fingerprint density at radius 2 is 2.00 bits per heavy atom. The van der Waals surface area contributed by atoms with Crippen molar-refractivity contribution in [3.05, 3.63) is 17.3 Å². The van der Waals surface area contributed by atoms with Crippen LogP contribution >= 0.6 is 0 Å². The minimum atomic E-state index is -0.266. The Hall–Kier alpha value is -2.31. The number of nitrogens with zero attached hydrogens (tertiary/aromatic N) is 2. The second-order valence-electron chi connectivity index (χ2n) is 2.85. The van der Waals surface area contributed by atoms with Gasteiger partial charge in [-0.05, 0) is 17.0 Å². The number of benzene rings is 1. The summed E-state index contributed by atoms with van der Waals surface area (Å²) in [4.78, 5) is 0.247. The third kappa shape index (κ3) is 0.777. The largest absolute Gasteiger partial charge is 0.690 e. The molecule has 0 fully saturated rings. The number of aromatic nitrogens is 2. The topological polar surface area (TPSA) is 124 Å². The zero-order chi connectivity index (χ0) is 10.5. The fourth-order valence-corrected chi connectivity index (χ4v) is 1.36. The summed E-state index contributed by atoms with van der Waals surface area (Å²) < 4.78 is 0. The first-order chi connectivity index (χ1) is 6.54. The zero-order valence-electron chi connectivity index (χ0n) is 7.01. The van der Waals surface area contributed by atoms with E-state index in [1.54, 1.807) is 0 Å². The highest BCUT2D eigenvalue weighted by atomic mass is 16.6. The van der Waals surface area contributed by atoms with E-state index in [2.05, 4.69) is 0 Å². The van der Waals surface area contributed by atoms with Crippen LogP contribution in [0.5, 0.6) is 5.75 Å². The van der Waals surface area contributed by atoms with Crippen LogP contribution in [0.3, 0.4) is 0 Å². The molecule has 0 spiro atoms. The number of hydrogen-bond donors (Lipinski definition) is 4. The van der Waals surface area contributed by atoms with Crippen LogP contribution in [-0.4, -0.2) is 15.2 Å². The maximum absolute atomic E-state index is 11.1. The summed E-state index contributed by atoms with van der Waals surface area (Å²) in [5, 5.41) is 29.9. The van der Waals surface area contributed by atoms with Crippen molar-refractivity contribution >= 4 is 22.4 Å². The molecule has 2 rings (SSSR count). The van der Waals surface area contributed by atoms with Gasteiger partial charge in [-0.25, -0.2) is 0 Å². The van der Waals surface area contributed by atoms with Crippen molar-refractivity contribution in [3.8, 4) is 5.75 Å². The molecule has 1 aromatic carbocycles. The lowest BCUT2D eigenvalue weighted by Gasteiger charge is -2.00. The highest BCUT2D eigenvalue weighted by Gasteiger charge is 2.20. The molecule has 1 heterocycles. The third-order valence-corrected chi connectivity index (χ3v) is 2.02. The van der Waals surface area contributed by atoms with Crippen LogP contribution in [-0.2, 0) is 0 Å². The van der Waals surface area contributed by atoms with Gasteiger partial charge < -0.3 is 21.3 Å². The summed E-state index contributed by atoms with van der Waals surface area (Å²) in [6.07, 6.45) is 0. The number of phenolic OH excluding ortho intramolecular Hbond substituents is 1. The molecule has 7 nitrogen and oxygen atoms in total. The van der Waals surface area contributed by atoms with E-state index in [4.69, 9.17) is 11.5 Å². The number of nitrogens with two attached hydrogens (primary N) is 2. The summed E-state index contributed by atoms with van der Waals surface area (Å²) in [6, 6.07) is 2.66. The van der Waals surface area contributed by atoms with Crippen molar-refractivity contribution in [2.75, 3.05) is 11.5 Å². The quantitative estimate of drug-likeness (QED) is 0.147. The number of phenols is 1. The molecule has 0 atom stereocenters. The normalized spacial score (nSPS) is 10.9. The van der Waals surface area contributed by atoms with E-state index < -0.39 is 0 Å². The first-order valence-corrected chi connectivity index (χ1v) is 3.74. The lowest BCUT2D eigenvalue weighted by atomic mass is 10.2. The van der Waals surface area contributed by atoms with Crippen molar-refractivity contribution in [2.45, 2.75) is 0 Å². The van der Waals surface area contributed by atoms with Crippen LogP contribution < -0.4 is 16.3 Å². The summed E-state index contributed by atoms with van der Waals surface area (Å²) in [6.45, 7) is 0. The van der Waals surface area contributed by atoms with E-state index >= 15 is 0 Å². The van der Waals surface area contributed by atoms with E-state index in [9.17, 15) is 15.5 Å². The smallest absolute Gasteiger partial charge is 0.309 e. The molecule has 0 unspecified atom stereocenters. The van der Waals surface area contributed by atoms with Crippen LogP contribution in [0.25, 0.3) is 10.9 Å². The molecule has 74 valence electrons. The summed E-state index contributed by atoms with van der Waals surface area (Å²) in [5.74, 6) is -0.520. The number of hydrogen-bond acceptors (Lipinski definition) is 5. The van der Waals surface area contributed by atoms with E-state index in [0.29, 0.717) is 0 Å². The van der Waals surface area contributed by atoms with Gasteiger partial charge in [0.25, 0.3) is 0 Å². The van der Waals surface area contributed by atoms with E-state index in [1.807, 2.05) is 0 Å². The zero-order valence-corrected chi connectivity index (χ0v) is 7.01. The van der Waals surface area contributed by atoms with E-state index in [0.717, 1.165) is 0 Å². The Morgan fingerprint density at radius 3 is 2.57 bits per heavy atom. The van der Waals surface area contributed by atoms with Gasteiger partial charge in [0, 0.05) is 5.69 Å². The van der Waals surface area contributed by atoms with Crippen molar-refractivity contribution in [1.29, 1.82) is 0 Å². The lowest BCUT2D eigenvalue weighted by Crippen LogP contribution is -2.38. The number of rotatable bonds is 0. The van der Waals surface area contributed by atoms with Gasteiger partial charge in [0.2, 0.25) is 0 Å². The highest BCUT2D eigenvalue weighted by molar-refractivity contribution is 6.00. The Morgan fingerprint density at radius 1 is 1.36 bits per heavy atom. The molecule has 7 heteroatoms. The van der Waals surface area contributed by atoms with Crippen LogP contribution in [0.2, 0.25) is 0 Å². The standard InChI is InChI=1S/C7H8N4O3/c8-3-1-2-4(12)6-5(3)7(9)11(14)10(6)13/h1-2,12-13H,8-9H2. The minimum Gasteiger partial charge on any atom is -0.690 e. The SMILES string of the molecule is Nc1ccc(O)c2c1c(N)[n+]([O-])n2O. The number of nitrogen functional groups attached to an aromatic ring is 2. The predicted molar refractivity (Wildman–Crippen MR) is 48.6 cm³/mol. The fraction of sp³-hybridized carbons (Fsp3) is 0. The molecular formula is C7H8N4O3. The second kappa shape index (κ2) is 2.34. The first-order valence-electron chi connectivity index (χ1n) is 3.74. The van der Waals surface area contributed by atoms with Gasteiger partial charge in [-0.15, -0.1) is 4.85 Å². The molecule has 0 amide bonds. The van der Waals surface area contributed by atoms with Crippen LogP contribution in [0, 0.1) is 5.21 Å². The average Bonchev–Trinajstić information content (AvgIpc) is 2.38. The van der Waals surface area contributed by atoms with E-state index in [-0.39, 0.29) is 37.8 Å². The third-order valence-electron chi connectivity index (χ3n) is 2.02. The number of aromatic hydroxyl groups is 1. The molecular weight excluding hydrogens is 188 g/mol. The van der Waals surface area contributed by atoms with Crippen molar-refractivity contribution in [2.24, 2.45) is 0 Å². The lowest BCUT2D eigenvalue weighted by molar-refractivity contribution is -0.709. The van der Waals surface area contributed by atoms with Gasteiger partial charge in [0.1, 0.15) is 11.1 Å².